The Balaban J connectivity index is 1.27. The van der Waals surface area contributed by atoms with Crippen molar-refractivity contribution in [3.8, 4) is 0 Å². The highest BCUT2D eigenvalue weighted by molar-refractivity contribution is 8.14. The van der Waals surface area contributed by atoms with Gasteiger partial charge in [-0.3, -0.25) is 19.4 Å². The molecule has 2 aromatic carbocycles. The number of nitrogens with zero attached hydrogens (tertiary/aromatic N) is 3. The van der Waals surface area contributed by atoms with E-state index in [1.165, 1.54) is 28.6 Å². The van der Waals surface area contributed by atoms with Gasteiger partial charge in [0.05, 0.1) is 17.9 Å². The average molecular weight is 532 g/mol. The van der Waals surface area contributed by atoms with Crippen LogP contribution >= 0.6 is 11.8 Å². The molecule has 0 spiro atoms. The third-order valence-corrected chi connectivity index (χ3v) is 8.03. The highest BCUT2D eigenvalue weighted by Gasteiger charge is 2.42. The van der Waals surface area contributed by atoms with Crippen LogP contribution in [0.3, 0.4) is 0 Å². The van der Waals surface area contributed by atoms with E-state index >= 15 is 0 Å². The van der Waals surface area contributed by atoms with E-state index in [9.17, 15) is 14.4 Å². The average Bonchev–Trinajstić information content (AvgIpc) is 3.24. The summed E-state index contributed by atoms with van der Waals surface area (Å²) in [6.07, 6.45) is 5.41. The van der Waals surface area contributed by atoms with E-state index in [1.54, 1.807) is 0 Å². The second kappa shape index (κ2) is 11.5. The van der Waals surface area contributed by atoms with Gasteiger partial charge in [-0.05, 0) is 48.6 Å². The number of aliphatic imine (C=N–C) groups is 2. The third kappa shape index (κ3) is 5.83. The second-order valence-electron chi connectivity index (χ2n) is 10.3. The Morgan fingerprint density at radius 3 is 2.50 bits per heavy atom. The molecule has 2 heterocycles. The first-order valence-corrected chi connectivity index (χ1v) is 14.3. The smallest absolute Gasteiger partial charge is 0.259 e. The fraction of sp³-hybridized carbons (Fsp3) is 0.414. The number of thioether (sulfide) groups is 1. The lowest BCUT2D eigenvalue weighted by molar-refractivity contribution is -0.129. The van der Waals surface area contributed by atoms with Gasteiger partial charge in [0.1, 0.15) is 11.9 Å². The van der Waals surface area contributed by atoms with Crippen LogP contribution in [0.15, 0.2) is 58.5 Å². The van der Waals surface area contributed by atoms with Crippen LogP contribution < -0.4 is 10.6 Å². The van der Waals surface area contributed by atoms with Gasteiger partial charge in [0.15, 0.2) is 5.17 Å². The summed E-state index contributed by atoms with van der Waals surface area (Å²) in [5, 5.41) is 6.39. The predicted molar refractivity (Wildman–Crippen MR) is 152 cm³/mol. The summed E-state index contributed by atoms with van der Waals surface area (Å²) in [6.45, 7) is 4.25. The molecule has 3 aliphatic rings. The maximum atomic E-state index is 13.4. The van der Waals surface area contributed by atoms with E-state index in [0.717, 1.165) is 36.9 Å². The third-order valence-electron chi connectivity index (χ3n) is 7.09. The molecule has 0 bridgehead atoms. The number of amidine groups is 2. The molecule has 5 rings (SSSR count). The summed E-state index contributed by atoms with van der Waals surface area (Å²) in [6, 6.07) is 14.7. The second-order valence-corrected chi connectivity index (χ2v) is 11.2. The lowest BCUT2D eigenvalue weighted by Gasteiger charge is -2.25. The minimum atomic E-state index is -0.807. The van der Waals surface area contributed by atoms with Crippen molar-refractivity contribution in [2.24, 2.45) is 9.98 Å². The van der Waals surface area contributed by atoms with Crippen LogP contribution in [0.5, 0.6) is 0 Å². The number of amides is 3. The molecule has 1 fully saturated rings. The Labute approximate surface area is 227 Å². The van der Waals surface area contributed by atoms with Crippen molar-refractivity contribution in [3.63, 3.8) is 0 Å². The fourth-order valence-corrected chi connectivity index (χ4v) is 5.82. The van der Waals surface area contributed by atoms with Gasteiger partial charge >= 0.3 is 0 Å². The molecule has 2 N–H and O–H groups in total. The van der Waals surface area contributed by atoms with Crippen molar-refractivity contribution in [1.29, 1.82) is 0 Å². The van der Waals surface area contributed by atoms with Gasteiger partial charge in [-0.15, -0.1) is 0 Å². The van der Waals surface area contributed by atoms with Crippen molar-refractivity contribution < 1.29 is 14.4 Å². The molecule has 1 atom stereocenters. The van der Waals surface area contributed by atoms with Crippen LogP contribution in [0.4, 0.5) is 11.4 Å². The number of carbonyl (C=O) groups excluding carboxylic acids is 3. The number of para-hydroxylation sites is 1. The van der Waals surface area contributed by atoms with Gasteiger partial charge in [0.2, 0.25) is 11.8 Å². The number of hydrogen-bond donors (Lipinski definition) is 2. The molecule has 0 radical (unpaired) electrons. The van der Waals surface area contributed by atoms with E-state index in [4.69, 9.17) is 0 Å². The number of anilines is 1. The van der Waals surface area contributed by atoms with Gasteiger partial charge in [0.25, 0.3) is 5.91 Å². The molecule has 1 saturated carbocycles. The Hall–Kier alpha value is -3.46. The van der Waals surface area contributed by atoms with E-state index in [1.807, 2.05) is 48.5 Å². The molecular formula is C29H33N5O3S. The van der Waals surface area contributed by atoms with E-state index in [0.29, 0.717) is 22.6 Å². The molecule has 3 amide bonds. The Bertz CT molecular complexity index is 1280. The van der Waals surface area contributed by atoms with Crippen LogP contribution in [-0.2, 0) is 14.4 Å². The summed E-state index contributed by atoms with van der Waals surface area (Å²) >= 11 is 1.19. The normalized spacial score (nSPS) is 19.0. The molecule has 1 aliphatic carbocycles. The first-order chi connectivity index (χ1) is 18.4. The number of carbonyl (C=O) groups is 3. The largest absolute Gasteiger partial charge is 0.353 e. The molecule has 2 aromatic rings. The number of hydrogen-bond acceptors (Lipinski definition) is 6. The number of rotatable bonds is 7. The Morgan fingerprint density at radius 2 is 1.76 bits per heavy atom. The van der Waals surface area contributed by atoms with Gasteiger partial charge in [-0.1, -0.05) is 69.1 Å². The highest BCUT2D eigenvalue weighted by Crippen LogP contribution is 2.34. The molecule has 8 nitrogen and oxygen atoms in total. The Morgan fingerprint density at radius 1 is 1.03 bits per heavy atom. The first kappa shape index (κ1) is 26.2. The Kier molecular flexibility index (Phi) is 7.93. The number of fused-ring (bicyclic) bond motifs is 3. The summed E-state index contributed by atoms with van der Waals surface area (Å²) in [4.78, 5) is 49.7. The molecular weight excluding hydrogens is 498 g/mol. The minimum Gasteiger partial charge on any atom is -0.353 e. The summed E-state index contributed by atoms with van der Waals surface area (Å²) in [5.41, 5.74) is 3.36. The first-order valence-electron chi connectivity index (χ1n) is 13.3. The lowest BCUT2D eigenvalue weighted by Crippen LogP contribution is -2.43. The monoisotopic (exact) mass is 531 g/mol. The highest BCUT2D eigenvalue weighted by atomic mass is 32.2. The standard InChI is InChI=1S/C29H33N5O3S/c1-18(2)19-12-14-21(15-13-19)31-26(36)17-38-29-33-23-11-7-6-10-22(23)27-32-24(28(37)34(27)29)16-25(35)30-20-8-4-3-5-9-20/h6-7,10-15,18,20,24H,3-5,8-9,16-17H2,1-2H3,(H,30,35)(H,31,36)/t24-/m0/s1. The maximum absolute atomic E-state index is 13.4. The summed E-state index contributed by atoms with van der Waals surface area (Å²) in [7, 11) is 0. The van der Waals surface area contributed by atoms with Crippen molar-refractivity contribution in [2.45, 2.75) is 70.4 Å². The van der Waals surface area contributed by atoms with Crippen LogP contribution in [0.2, 0.25) is 0 Å². The topological polar surface area (TPSA) is 103 Å². The fourth-order valence-electron chi connectivity index (χ4n) is 5.02. The summed E-state index contributed by atoms with van der Waals surface area (Å²) in [5.74, 6) is 0.353. The number of nitrogens with one attached hydrogen (secondary N) is 2. The molecule has 198 valence electrons. The van der Waals surface area contributed by atoms with Crippen LogP contribution in [0.1, 0.15) is 69.4 Å². The van der Waals surface area contributed by atoms with Crippen molar-refractivity contribution >= 4 is 51.9 Å². The minimum absolute atomic E-state index is 0.00229. The van der Waals surface area contributed by atoms with Gasteiger partial charge in [0, 0.05) is 17.3 Å². The SMILES string of the molecule is CC(C)c1ccc(NC(=O)CSC2=Nc3ccccc3C3=N[C@@H](CC(=O)NC4CCCCC4)C(=O)N23)cc1. The van der Waals surface area contributed by atoms with E-state index < -0.39 is 6.04 Å². The van der Waals surface area contributed by atoms with Crippen molar-refractivity contribution in [3.05, 3.63) is 59.7 Å². The molecule has 0 saturated heterocycles. The zero-order valence-electron chi connectivity index (χ0n) is 21.8. The zero-order valence-corrected chi connectivity index (χ0v) is 22.6. The molecule has 2 aliphatic heterocycles. The van der Waals surface area contributed by atoms with Crippen molar-refractivity contribution in [2.75, 3.05) is 11.1 Å². The lowest BCUT2D eigenvalue weighted by atomic mass is 9.95. The number of benzene rings is 2. The van der Waals surface area contributed by atoms with Crippen LogP contribution in [-0.4, -0.2) is 51.5 Å². The quantitative estimate of drug-likeness (QED) is 0.526. The van der Waals surface area contributed by atoms with Crippen LogP contribution in [0, 0.1) is 0 Å². The van der Waals surface area contributed by atoms with Gasteiger partial charge in [-0.25, -0.2) is 9.89 Å². The zero-order chi connectivity index (χ0) is 26.6. The maximum Gasteiger partial charge on any atom is 0.259 e. The van der Waals surface area contributed by atoms with E-state index in [2.05, 4.69) is 34.5 Å². The molecule has 38 heavy (non-hydrogen) atoms. The van der Waals surface area contributed by atoms with Gasteiger partial charge in [-0.2, -0.15) is 0 Å². The molecule has 0 aromatic heterocycles. The molecule has 9 heteroatoms. The van der Waals surface area contributed by atoms with Gasteiger partial charge < -0.3 is 10.6 Å². The summed E-state index contributed by atoms with van der Waals surface area (Å²) < 4.78 is 0. The molecule has 0 unspecified atom stereocenters. The predicted octanol–water partition coefficient (Wildman–Crippen LogP) is 4.98. The van der Waals surface area contributed by atoms with Crippen molar-refractivity contribution in [1.82, 2.24) is 10.2 Å². The van der Waals surface area contributed by atoms with E-state index in [-0.39, 0.29) is 35.9 Å². The van der Waals surface area contributed by atoms with Crippen LogP contribution in [0.25, 0.3) is 0 Å².